The minimum absolute atomic E-state index is 0.0692. The Hall–Kier alpha value is -2.71. The van der Waals surface area contributed by atoms with Crippen LogP contribution in [0.2, 0.25) is 0 Å². The van der Waals surface area contributed by atoms with E-state index in [9.17, 15) is 9.59 Å². The van der Waals surface area contributed by atoms with Crippen LogP contribution in [-0.4, -0.2) is 35.0 Å². The average molecular weight is 345 g/mol. The third kappa shape index (κ3) is 3.70. The van der Waals surface area contributed by atoms with Gasteiger partial charge in [-0.05, 0) is 31.0 Å². The summed E-state index contributed by atoms with van der Waals surface area (Å²) in [5.74, 6) is -0.295. The molecule has 1 aliphatic rings. The van der Waals surface area contributed by atoms with E-state index in [4.69, 9.17) is 19.9 Å². The van der Waals surface area contributed by atoms with Crippen molar-refractivity contribution in [1.29, 1.82) is 0 Å². The fourth-order valence-electron chi connectivity index (χ4n) is 2.67. The van der Waals surface area contributed by atoms with Gasteiger partial charge in [0.15, 0.2) is 12.5 Å². The molecule has 3 rings (SSSR count). The van der Waals surface area contributed by atoms with Crippen LogP contribution in [0.5, 0.6) is 0 Å². The molecule has 25 heavy (non-hydrogen) atoms. The Morgan fingerprint density at radius 2 is 2.08 bits per heavy atom. The van der Waals surface area contributed by atoms with Crippen molar-refractivity contribution in [3.63, 3.8) is 0 Å². The lowest BCUT2D eigenvalue weighted by Gasteiger charge is -2.14. The summed E-state index contributed by atoms with van der Waals surface area (Å²) < 4.78 is 17.6. The van der Waals surface area contributed by atoms with Gasteiger partial charge in [0.25, 0.3) is 0 Å². The van der Waals surface area contributed by atoms with Crippen LogP contribution >= 0.6 is 0 Å². The quantitative estimate of drug-likeness (QED) is 0.829. The maximum Gasteiger partial charge on any atom is 0.351 e. The van der Waals surface area contributed by atoms with Crippen LogP contribution in [-0.2, 0) is 14.2 Å². The van der Waals surface area contributed by atoms with Gasteiger partial charge in [-0.3, -0.25) is 4.57 Å². The van der Waals surface area contributed by atoms with Crippen molar-refractivity contribution < 1.29 is 19.0 Å². The summed E-state index contributed by atoms with van der Waals surface area (Å²) >= 11 is 0. The molecular weight excluding hydrogens is 326 g/mol. The third-order valence-corrected chi connectivity index (χ3v) is 3.93. The second-order valence-electron chi connectivity index (χ2n) is 5.76. The number of aromatic nitrogens is 2. The Labute approximate surface area is 144 Å². The molecule has 2 aromatic rings. The molecule has 1 saturated heterocycles. The van der Waals surface area contributed by atoms with Crippen LogP contribution in [0, 0.1) is 13.8 Å². The zero-order valence-corrected chi connectivity index (χ0v) is 14.0. The van der Waals surface area contributed by atoms with Gasteiger partial charge in [0.2, 0.25) is 0 Å². The zero-order valence-electron chi connectivity index (χ0n) is 14.0. The van der Waals surface area contributed by atoms with E-state index in [1.54, 1.807) is 0 Å². The van der Waals surface area contributed by atoms with Crippen LogP contribution in [0.1, 0.15) is 27.7 Å². The molecule has 0 radical (unpaired) electrons. The van der Waals surface area contributed by atoms with Crippen LogP contribution in [0.4, 0.5) is 5.82 Å². The molecule has 0 spiro atoms. The topological polar surface area (TPSA) is 106 Å². The van der Waals surface area contributed by atoms with E-state index in [0.717, 1.165) is 11.1 Å². The second kappa shape index (κ2) is 7.04. The van der Waals surface area contributed by atoms with E-state index in [1.165, 1.54) is 16.8 Å². The van der Waals surface area contributed by atoms with Gasteiger partial charge in [-0.2, -0.15) is 4.98 Å². The van der Waals surface area contributed by atoms with E-state index < -0.39 is 24.2 Å². The van der Waals surface area contributed by atoms with Gasteiger partial charge in [-0.25, -0.2) is 9.59 Å². The molecule has 1 aliphatic heterocycles. The standard InChI is InChI=1S/C17H19N3O5/c1-10-4-3-5-11(2)15(10)16(21)24-9-14-23-8-13(25-14)20-7-6-12(18)19-17(20)22/h3-7,13-14H,8-9H2,1-2H3,(H2,18,19,22)/t13-,14-/m0/s1. The predicted octanol–water partition coefficient (Wildman–Crippen LogP) is 1.17. The number of carbonyl (C=O) groups is 1. The first kappa shape index (κ1) is 17.1. The summed E-state index contributed by atoms with van der Waals surface area (Å²) in [5.41, 5.74) is 7.16. The molecule has 8 heteroatoms. The summed E-state index contributed by atoms with van der Waals surface area (Å²) in [7, 11) is 0. The van der Waals surface area contributed by atoms with Crippen LogP contribution < -0.4 is 11.4 Å². The first-order chi connectivity index (χ1) is 12.0. The molecule has 2 atom stereocenters. The highest BCUT2D eigenvalue weighted by Crippen LogP contribution is 2.21. The largest absolute Gasteiger partial charge is 0.457 e. The highest BCUT2D eigenvalue weighted by atomic mass is 16.7. The van der Waals surface area contributed by atoms with Gasteiger partial charge in [-0.15, -0.1) is 0 Å². The maximum atomic E-state index is 12.3. The number of nitrogens with zero attached hydrogens (tertiary/aromatic N) is 2. The Morgan fingerprint density at radius 3 is 2.76 bits per heavy atom. The monoisotopic (exact) mass is 345 g/mol. The summed E-state index contributed by atoms with van der Waals surface area (Å²) in [4.78, 5) is 27.7. The number of nitrogen functional groups attached to an aromatic ring is 1. The average Bonchev–Trinajstić information content (AvgIpc) is 3.01. The molecule has 132 valence electrons. The van der Waals surface area contributed by atoms with Crippen molar-refractivity contribution in [2.45, 2.75) is 26.4 Å². The van der Waals surface area contributed by atoms with E-state index >= 15 is 0 Å². The lowest BCUT2D eigenvalue weighted by atomic mass is 10.0. The Bertz CT molecular complexity index is 828. The summed E-state index contributed by atoms with van der Waals surface area (Å²) in [6.07, 6.45) is 0.108. The maximum absolute atomic E-state index is 12.3. The van der Waals surface area contributed by atoms with Gasteiger partial charge in [0.05, 0.1) is 12.2 Å². The minimum Gasteiger partial charge on any atom is -0.457 e. The van der Waals surface area contributed by atoms with E-state index in [0.29, 0.717) is 5.56 Å². The highest BCUT2D eigenvalue weighted by molar-refractivity contribution is 5.92. The van der Waals surface area contributed by atoms with Gasteiger partial charge >= 0.3 is 11.7 Å². The molecule has 1 fully saturated rings. The number of carbonyl (C=O) groups excluding carboxylic acids is 1. The molecule has 2 N–H and O–H groups in total. The van der Waals surface area contributed by atoms with Crippen molar-refractivity contribution >= 4 is 11.8 Å². The van der Waals surface area contributed by atoms with Crippen LogP contribution in [0.3, 0.4) is 0 Å². The number of nitrogens with two attached hydrogens (primary N) is 1. The Balaban J connectivity index is 1.60. The van der Waals surface area contributed by atoms with Crippen molar-refractivity contribution in [3.8, 4) is 0 Å². The van der Waals surface area contributed by atoms with E-state index in [1.807, 2.05) is 32.0 Å². The molecule has 8 nitrogen and oxygen atoms in total. The van der Waals surface area contributed by atoms with Crippen LogP contribution in [0.25, 0.3) is 0 Å². The lowest BCUT2D eigenvalue weighted by molar-refractivity contribution is -0.103. The van der Waals surface area contributed by atoms with Crippen molar-refractivity contribution in [2.75, 3.05) is 18.9 Å². The Kier molecular flexibility index (Phi) is 4.82. The lowest BCUT2D eigenvalue weighted by Crippen LogP contribution is -2.29. The van der Waals surface area contributed by atoms with Gasteiger partial charge < -0.3 is 19.9 Å². The molecule has 0 aliphatic carbocycles. The molecule has 0 bridgehead atoms. The van der Waals surface area contributed by atoms with E-state index in [2.05, 4.69) is 4.98 Å². The first-order valence-electron chi connectivity index (χ1n) is 7.81. The summed E-state index contributed by atoms with van der Waals surface area (Å²) in [6, 6.07) is 7.08. The van der Waals surface area contributed by atoms with Crippen molar-refractivity contribution in [1.82, 2.24) is 9.55 Å². The van der Waals surface area contributed by atoms with E-state index in [-0.39, 0.29) is 19.0 Å². The summed E-state index contributed by atoms with van der Waals surface area (Å²) in [5, 5.41) is 0. The number of esters is 1. The fraction of sp³-hybridized carbons (Fsp3) is 0.353. The third-order valence-electron chi connectivity index (χ3n) is 3.93. The molecule has 0 saturated carbocycles. The van der Waals surface area contributed by atoms with Crippen LogP contribution in [0.15, 0.2) is 35.3 Å². The van der Waals surface area contributed by atoms with Gasteiger partial charge in [0, 0.05) is 6.20 Å². The summed E-state index contributed by atoms with van der Waals surface area (Å²) in [6.45, 7) is 3.78. The minimum atomic E-state index is -0.747. The molecule has 2 heterocycles. The SMILES string of the molecule is Cc1cccc(C)c1C(=O)OC[C@H]1OC[C@@H](n2ccc(N)nc2=O)O1. The number of anilines is 1. The fourth-order valence-corrected chi connectivity index (χ4v) is 2.67. The number of benzene rings is 1. The molecular formula is C17H19N3O5. The predicted molar refractivity (Wildman–Crippen MR) is 89.0 cm³/mol. The molecule has 0 amide bonds. The molecule has 1 aromatic carbocycles. The number of aryl methyl sites for hydroxylation is 2. The van der Waals surface area contributed by atoms with Gasteiger partial charge in [-0.1, -0.05) is 18.2 Å². The second-order valence-corrected chi connectivity index (χ2v) is 5.76. The number of hydrogen-bond acceptors (Lipinski definition) is 7. The smallest absolute Gasteiger partial charge is 0.351 e. The number of rotatable bonds is 4. The molecule has 0 unspecified atom stereocenters. The van der Waals surface area contributed by atoms with Crippen molar-refractivity contribution in [2.24, 2.45) is 0 Å². The Morgan fingerprint density at radius 1 is 1.36 bits per heavy atom. The molecule has 1 aromatic heterocycles. The number of hydrogen-bond donors (Lipinski definition) is 1. The first-order valence-corrected chi connectivity index (χ1v) is 7.81. The number of ether oxygens (including phenoxy) is 3. The highest BCUT2D eigenvalue weighted by Gasteiger charge is 2.29. The van der Waals surface area contributed by atoms with Gasteiger partial charge in [0.1, 0.15) is 12.4 Å². The zero-order chi connectivity index (χ0) is 18.0. The van der Waals surface area contributed by atoms with Crippen molar-refractivity contribution in [3.05, 3.63) is 57.6 Å². The normalized spacial score (nSPS) is 19.8.